The van der Waals surface area contributed by atoms with Crippen molar-refractivity contribution in [1.29, 1.82) is 0 Å². The molecule has 4 heteroatoms. The summed E-state index contributed by atoms with van der Waals surface area (Å²) in [5.74, 6) is 0.978. The van der Waals surface area contributed by atoms with E-state index in [2.05, 4.69) is 6.07 Å². The standard InChI is InChI=1S/C15H17BF2O/c1-11(7-8-16(17)18)12-3-4-14-10-15(19-2)6-5-13(14)9-12/h3-6,9-11H,7-8H2,1-2H3/q-1/t11-/m1/s1. The van der Waals surface area contributed by atoms with Crippen molar-refractivity contribution in [3.8, 4) is 5.75 Å². The molecule has 0 fully saturated rings. The van der Waals surface area contributed by atoms with Crippen molar-refractivity contribution in [3.05, 3.63) is 42.0 Å². The first-order valence-corrected chi connectivity index (χ1v) is 6.46. The van der Waals surface area contributed by atoms with Crippen LogP contribution in [0.25, 0.3) is 10.8 Å². The van der Waals surface area contributed by atoms with Gasteiger partial charge < -0.3 is 13.4 Å². The molecular weight excluding hydrogens is 245 g/mol. The highest BCUT2D eigenvalue weighted by Crippen LogP contribution is 2.27. The van der Waals surface area contributed by atoms with E-state index in [1.54, 1.807) is 7.11 Å². The minimum absolute atomic E-state index is 0.0399. The van der Waals surface area contributed by atoms with Gasteiger partial charge in [-0.1, -0.05) is 37.6 Å². The second kappa shape index (κ2) is 6.05. The average Bonchev–Trinajstić information content (AvgIpc) is 2.43. The molecular formula is C15H17BF2O-. The van der Waals surface area contributed by atoms with E-state index in [1.807, 2.05) is 37.3 Å². The Labute approximate surface area is 112 Å². The number of methoxy groups -OCH3 is 1. The molecule has 1 nitrogen and oxygen atoms in total. The lowest BCUT2D eigenvalue weighted by molar-refractivity contribution is 0.415. The van der Waals surface area contributed by atoms with Crippen LogP contribution in [-0.2, 0) is 0 Å². The lowest BCUT2D eigenvalue weighted by atomic mass is 9.83. The molecule has 0 N–H and O–H groups in total. The van der Waals surface area contributed by atoms with Gasteiger partial charge in [0.15, 0.2) is 0 Å². The van der Waals surface area contributed by atoms with Crippen LogP contribution in [0.1, 0.15) is 24.8 Å². The van der Waals surface area contributed by atoms with Gasteiger partial charge in [0.05, 0.1) is 7.11 Å². The highest BCUT2D eigenvalue weighted by Gasteiger charge is 2.07. The average molecular weight is 262 g/mol. The normalized spacial score (nSPS) is 12.9. The zero-order valence-corrected chi connectivity index (χ0v) is 11.2. The van der Waals surface area contributed by atoms with Gasteiger partial charge in [-0.05, 0) is 34.4 Å². The lowest BCUT2D eigenvalue weighted by Crippen LogP contribution is -2.00. The first kappa shape index (κ1) is 13.8. The molecule has 0 aliphatic carbocycles. The van der Waals surface area contributed by atoms with Crippen molar-refractivity contribution in [2.24, 2.45) is 0 Å². The summed E-state index contributed by atoms with van der Waals surface area (Å²) in [5, 5.41) is 2.21. The maximum absolute atomic E-state index is 12.2. The number of halogens is 2. The van der Waals surface area contributed by atoms with Gasteiger partial charge in [0.1, 0.15) is 5.75 Å². The fourth-order valence-corrected chi connectivity index (χ4v) is 2.22. The molecule has 0 saturated heterocycles. The maximum Gasteiger partial charge on any atom is 0.231 e. The zero-order chi connectivity index (χ0) is 13.8. The van der Waals surface area contributed by atoms with Crippen LogP contribution in [-0.4, -0.2) is 14.4 Å². The molecule has 0 saturated carbocycles. The summed E-state index contributed by atoms with van der Waals surface area (Å²) >= 11 is 0. The van der Waals surface area contributed by atoms with E-state index in [-0.39, 0.29) is 12.2 Å². The van der Waals surface area contributed by atoms with Crippen LogP contribution in [0.3, 0.4) is 0 Å². The number of hydrogen-bond donors (Lipinski definition) is 0. The molecule has 0 aromatic heterocycles. The van der Waals surface area contributed by atoms with Gasteiger partial charge in [-0.3, -0.25) is 0 Å². The van der Waals surface area contributed by atoms with E-state index in [0.29, 0.717) is 6.42 Å². The SMILES string of the molecule is COc1ccc2cc([C@H](C)CC[B-](F)F)ccc2c1. The third kappa shape index (κ3) is 3.46. The van der Waals surface area contributed by atoms with Crippen LogP contribution in [0, 0.1) is 0 Å². The Kier molecular flexibility index (Phi) is 4.41. The van der Waals surface area contributed by atoms with Crippen LogP contribution in [0.2, 0.25) is 6.32 Å². The fourth-order valence-electron chi connectivity index (χ4n) is 2.22. The third-order valence-corrected chi connectivity index (χ3v) is 3.46. The highest BCUT2D eigenvalue weighted by molar-refractivity contribution is 6.42. The predicted molar refractivity (Wildman–Crippen MR) is 76.3 cm³/mol. The second-order valence-corrected chi connectivity index (χ2v) is 4.84. The Balaban J connectivity index is 2.21. The van der Waals surface area contributed by atoms with Crippen molar-refractivity contribution >= 4 is 18.0 Å². The topological polar surface area (TPSA) is 9.23 Å². The largest absolute Gasteiger partial charge is 0.511 e. The van der Waals surface area contributed by atoms with E-state index in [1.165, 1.54) is 0 Å². The van der Waals surface area contributed by atoms with Gasteiger partial charge in [0, 0.05) is 0 Å². The Morgan fingerprint density at radius 3 is 2.47 bits per heavy atom. The van der Waals surface area contributed by atoms with Gasteiger partial charge in [-0.15, -0.1) is 6.32 Å². The molecule has 2 aromatic carbocycles. The van der Waals surface area contributed by atoms with Crippen molar-refractivity contribution < 1.29 is 13.4 Å². The summed E-state index contributed by atoms with van der Waals surface area (Å²) in [7, 11) is -0.575. The summed E-state index contributed by atoms with van der Waals surface area (Å²) in [6, 6.07) is 12.0. The molecule has 0 heterocycles. The molecule has 101 valence electrons. The van der Waals surface area contributed by atoms with E-state index in [0.717, 1.165) is 22.1 Å². The minimum Gasteiger partial charge on any atom is -0.511 e. The van der Waals surface area contributed by atoms with E-state index >= 15 is 0 Å². The highest BCUT2D eigenvalue weighted by atomic mass is 19.2. The van der Waals surface area contributed by atoms with Crippen LogP contribution in [0.4, 0.5) is 8.63 Å². The van der Waals surface area contributed by atoms with Crippen LogP contribution in [0.5, 0.6) is 5.75 Å². The van der Waals surface area contributed by atoms with Crippen molar-refractivity contribution in [2.45, 2.75) is 25.6 Å². The fraction of sp³-hybridized carbons (Fsp3) is 0.333. The molecule has 0 aliphatic heterocycles. The van der Waals surface area contributed by atoms with Crippen molar-refractivity contribution in [2.75, 3.05) is 7.11 Å². The van der Waals surface area contributed by atoms with Crippen molar-refractivity contribution in [1.82, 2.24) is 0 Å². The van der Waals surface area contributed by atoms with E-state index < -0.39 is 7.27 Å². The molecule has 0 bridgehead atoms. The Morgan fingerprint density at radius 1 is 1.11 bits per heavy atom. The van der Waals surface area contributed by atoms with Gasteiger partial charge in [-0.2, -0.15) is 0 Å². The molecule has 1 radical (unpaired) electrons. The lowest BCUT2D eigenvalue weighted by Gasteiger charge is -2.15. The number of rotatable bonds is 5. The van der Waals surface area contributed by atoms with Crippen LogP contribution >= 0.6 is 0 Å². The quantitative estimate of drug-likeness (QED) is 0.705. The zero-order valence-electron chi connectivity index (χ0n) is 11.2. The smallest absolute Gasteiger partial charge is 0.231 e. The van der Waals surface area contributed by atoms with E-state index in [4.69, 9.17) is 4.74 Å². The minimum atomic E-state index is -2.22. The molecule has 0 spiro atoms. The molecule has 2 aromatic rings. The Hall–Kier alpha value is -1.58. The van der Waals surface area contributed by atoms with Gasteiger partial charge in [-0.25, -0.2) is 0 Å². The molecule has 0 amide bonds. The van der Waals surface area contributed by atoms with Gasteiger partial charge >= 0.3 is 0 Å². The number of ether oxygens (including phenoxy) is 1. The predicted octanol–water partition coefficient (Wildman–Crippen LogP) is 4.77. The monoisotopic (exact) mass is 262 g/mol. The van der Waals surface area contributed by atoms with Crippen molar-refractivity contribution in [3.63, 3.8) is 0 Å². The maximum atomic E-state index is 12.2. The molecule has 0 aliphatic rings. The van der Waals surface area contributed by atoms with Gasteiger partial charge in [0.25, 0.3) is 0 Å². The summed E-state index contributed by atoms with van der Waals surface area (Å²) in [6.07, 6.45) is 0.473. The number of hydrogen-bond acceptors (Lipinski definition) is 1. The summed E-state index contributed by atoms with van der Waals surface area (Å²) in [4.78, 5) is 0. The Bertz CT molecular complexity index is 557. The van der Waals surface area contributed by atoms with E-state index in [9.17, 15) is 8.63 Å². The molecule has 0 unspecified atom stereocenters. The Morgan fingerprint density at radius 2 is 1.79 bits per heavy atom. The summed E-state index contributed by atoms with van der Waals surface area (Å²) < 4.78 is 29.6. The van der Waals surface area contributed by atoms with Crippen LogP contribution < -0.4 is 4.74 Å². The molecule has 1 atom stereocenters. The number of benzene rings is 2. The molecule has 19 heavy (non-hydrogen) atoms. The number of fused-ring (bicyclic) bond motifs is 1. The summed E-state index contributed by atoms with van der Waals surface area (Å²) in [5.41, 5.74) is 1.11. The second-order valence-electron chi connectivity index (χ2n) is 4.84. The van der Waals surface area contributed by atoms with Gasteiger partial charge in [0.2, 0.25) is 7.27 Å². The third-order valence-electron chi connectivity index (χ3n) is 3.46. The van der Waals surface area contributed by atoms with Crippen LogP contribution in [0.15, 0.2) is 36.4 Å². The molecule has 2 rings (SSSR count). The first-order chi connectivity index (χ1) is 9.10. The summed E-state index contributed by atoms with van der Waals surface area (Å²) in [6.45, 7) is 1.99. The first-order valence-electron chi connectivity index (χ1n) is 6.46.